The van der Waals surface area contributed by atoms with Crippen LogP contribution in [0.2, 0.25) is 0 Å². The fourth-order valence-corrected chi connectivity index (χ4v) is 2.94. The second-order valence-electron chi connectivity index (χ2n) is 5.86. The molecule has 0 amide bonds. The Kier molecular flexibility index (Phi) is 4.58. The van der Waals surface area contributed by atoms with E-state index < -0.39 is 6.04 Å². The Morgan fingerprint density at radius 1 is 1.47 bits per heavy atom. The summed E-state index contributed by atoms with van der Waals surface area (Å²) in [5, 5.41) is 0. The van der Waals surface area contributed by atoms with Crippen LogP contribution in [0, 0.1) is 11.8 Å². The van der Waals surface area contributed by atoms with Gasteiger partial charge in [0.05, 0.1) is 6.33 Å². The number of nitrogens with zero attached hydrogens (tertiary/aromatic N) is 1. The van der Waals surface area contributed by atoms with Crippen LogP contribution in [0.4, 0.5) is 0 Å². The third-order valence-corrected chi connectivity index (χ3v) is 3.72. The van der Waals surface area contributed by atoms with Gasteiger partial charge in [0, 0.05) is 18.3 Å². The molecular formula is C14H23N3O2. The average molecular weight is 265 g/mol. The molecule has 1 fully saturated rings. The van der Waals surface area contributed by atoms with Gasteiger partial charge in [-0.25, -0.2) is 4.98 Å². The molecule has 2 rings (SSSR count). The van der Waals surface area contributed by atoms with Gasteiger partial charge >= 0.3 is 5.97 Å². The maximum Gasteiger partial charge on any atom is 0.323 e. The molecule has 19 heavy (non-hydrogen) atoms. The Morgan fingerprint density at radius 2 is 2.16 bits per heavy atom. The molecule has 1 saturated carbocycles. The molecule has 3 N–H and O–H groups in total. The van der Waals surface area contributed by atoms with E-state index >= 15 is 0 Å². The largest absolute Gasteiger partial charge is 0.461 e. The number of imidazole rings is 1. The molecule has 1 heterocycles. The number of ether oxygens (including phenoxy) is 1. The number of esters is 1. The van der Waals surface area contributed by atoms with Gasteiger partial charge in [0.25, 0.3) is 0 Å². The van der Waals surface area contributed by atoms with Gasteiger partial charge < -0.3 is 15.5 Å². The van der Waals surface area contributed by atoms with E-state index in [-0.39, 0.29) is 12.1 Å². The van der Waals surface area contributed by atoms with E-state index in [2.05, 4.69) is 23.8 Å². The van der Waals surface area contributed by atoms with Crippen molar-refractivity contribution in [2.24, 2.45) is 17.6 Å². The normalized spacial score (nSPS) is 28.9. The Labute approximate surface area is 113 Å². The lowest BCUT2D eigenvalue weighted by molar-refractivity contribution is -0.153. The SMILES string of the molecule is CC1CC(C)CC(OC(=O)C(N)Cc2cnc[nH]2)C1. The minimum Gasteiger partial charge on any atom is -0.461 e. The van der Waals surface area contributed by atoms with Gasteiger partial charge in [0.1, 0.15) is 12.1 Å². The number of rotatable bonds is 4. The van der Waals surface area contributed by atoms with Crippen LogP contribution < -0.4 is 5.73 Å². The number of carbonyl (C=O) groups excluding carboxylic acids is 1. The third-order valence-electron chi connectivity index (χ3n) is 3.72. The highest BCUT2D eigenvalue weighted by Crippen LogP contribution is 2.30. The predicted molar refractivity (Wildman–Crippen MR) is 72.3 cm³/mol. The van der Waals surface area contributed by atoms with Crippen LogP contribution in [-0.4, -0.2) is 28.1 Å². The van der Waals surface area contributed by atoms with Crippen molar-refractivity contribution in [1.29, 1.82) is 0 Å². The standard InChI is InChI=1S/C14H23N3O2/c1-9-3-10(2)5-12(4-9)19-14(18)13(15)6-11-7-16-8-17-11/h7-10,12-13H,3-6,15H2,1-2H3,(H,16,17). The number of nitrogens with two attached hydrogens (primary N) is 1. The molecule has 0 spiro atoms. The number of aromatic nitrogens is 2. The van der Waals surface area contributed by atoms with Crippen molar-refractivity contribution >= 4 is 5.97 Å². The van der Waals surface area contributed by atoms with Gasteiger partial charge in [-0.3, -0.25) is 4.79 Å². The molecule has 0 saturated heterocycles. The summed E-state index contributed by atoms with van der Waals surface area (Å²) in [7, 11) is 0. The van der Waals surface area contributed by atoms with Crippen LogP contribution in [0.25, 0.3) is 0 Å². The summed E-state index contributed by atoms with van der Waals surface area (Å²) in [6, 6.07) is -0.618. The second kappa shape index (κ2) is 6.19. The van der Waals surface area contributed by atoms with E-state index in [9.17, 15) is 4.79 Å². The second-order valence-corrected chi connectivity index (χ2v) is 5.86. The molecule has 0 aromatic carbocycles. The minimum absolute atomic E-state index is 0.0269. The van der Waals surface area contributed by atoms with Gasteiger partial charge in [0.2, 0.25) is 0 Å². The van der Waals surface area contributed by atoms with Gasteiger partial charge in [-0.15, -0.1) is 0 Å². The van der Waals surface area contributed by atoms with Gasteiger partial charge in [-0.1, -0.05) is 13.8 Å². The van der Waals surface area contributed by atoms with E-state index in [0.717, 1.165) is 18.5 Å². The fraction of sp³-hybridized carbons (Fsp3) is 0.714. The number of hydrogen-bond acceptors (Lipinski definition) is 4. The van der Waals surface area contributed by atoms with Crippen LogP contribution in [0.15, 0.2) is 12.5 Å². The Balaban J connectivity index is 1.82. The zero-order valence-electron chi connectivity index (χ0n) is 11.6. The fourth-order valence-electron chi connectivity index (χ4n) is 2.94. The smallest absolute Gasteiger partial charge is 0.323 e. The lowest BCUT2D eigenvalue weighted by Gasteiger charge is -2.31. The minimum atomic E-state index is -0.618. The molecule has 106 valence electrons. The third kappa shape index (κ3) is 4.06. The summed E-state index contributed by atoms with van der Waals surface area (Å²) >= 11 is 0. The number of nitrogens with one attached hydrogen (secondary N) is 1. The highest BCUT2D eigenvalue weighted by molar-refractivity contribution is 5.76. The topological polar surface area (TPSA) is 81.0 Å². The summed E-state index contributed by atoms with van der Waals surface area (Å²) < 4.78 is 5.54. The number of carbonyl (C=O) groups is 1. The lowest BCUT2D eigenvalue weighted by Crippen LogP contribution is -2.38. The molecule has 1 aromatic heterocycles. The first kappa shape index (κ1) is 14.1. The van der Waals surface area contributed by atoms with Crippen LogP contribution in [0.3, 0.4) is 0 Å². The van der Waals surface area contributed by atoms with Crippen LogP contribution in [0.1, 0.15) is 38.8 Å². The van der Waals surface area contributed by atoms with Crippen molar-refractivity contribution in [1.82, 2.24) is 9.97 Å². The molecule has 5 nitrogen and oxygen atoms in total. The molecule has 0 aliphatic heterocycles. The number of aromatic amines is 1. The maximum atomic E-state index is 12.0. The predicted octanol–water partition coefficient (Wildman–Crippen LogP) is 1.65. The van der Waals surface area contributed by atoms with Gasteiger partial charge in [-0.05, 0) is 31.1 Å². The monoisotopic (exact) mass is 265 g/mol. The van der Waals surface area contributed by atoms with E-state index in [0.29, 0.717) is 18.3 Å². The first-order valence-corrected chi connectivity index (χ1v) is 6.98. The average Bonchev–Trinajstić information content (AvgIpc) is 2.80. The molecule has 0 radical (unpaired) electrons. The summed E-state index contributed by atoms with van der Waals surface area (Å²) in [4.78, 5) is 18.8. The zero-order chi connectivity index (χ0) is 13.8. The van der Waals surface area contributed by atoms with E-state index in [1.54, 1.807) is 12.5 Å². The van der Waals surface area contributed by atoms with E-state index in [1.165, 1.54) is 6.42 Å². The first-order valence-electron chi connectivity index (χ1n) is 6.98. The highest BCUT2D eigenvalue weighted by atomic mass is 16.5. The molecule has 1 aliphatic rings. The summed E-state index contributed by atoms with van der Waals surface area (Å²) in [6.07, 6.45) is 6.85. The first-order chi connectivity index (χ1) is 9.04. The molecular weight excluding hydrogens is 242 g/mol. The summed E-state index contributed by atoms with van der Waals surface area (Å²) in [5.41, 5.74) is 6.73. The van der Waals surface area contributed by atoms with Crippen molar-refractivity contribution in [3.8, 4) is 0 Å². The quantitative estimate of drug-likeness (QED) is 0.811. The highest BCUT2D eigenvalue weighted by Gasteiger charge is 2.28. The van der Waals surface area contributed by atoms with Crippen molar-refractivity contribution in [3.05, 3.63) is 18.2 Å². The Bertz CT molecular complexity index is 395. The molecule has 1 aliphatic carbocycles. The Hall–Kier alpha value is -1.36. The van der Waals surface area contributed by atoms with Crippen molar-refractivity contribution in [2.75, 3.05) is 0 Å². The summed E-state index contributed by atoms with van der Waals surface area (Å²) in [6.45, 7) is 4.42. The molecule has 3 atom stereocenters. The van der Waals surface area contributed by atoms with Crippen molar-refractivity contribution in [2.45, 2.75) is 51.7 Å². The summed E-state index contributed by atoms with van der Waals surface area (Å²) in [5.74, 6) is 0.927. The molecule has 0 bridgehead atoms. The van der Waals surface area contributed by atoms with Gasteiger partial charge in [0.15, 0.2) is 0 Å². The maximum absolute atomic E-state index is 12.0. The molecule has 5 heteroatoms. The molecule has 1 aromatic rings. The van der Waals surface area contributed by atoms with Crippen LogP contribution in [0.5, 0.6) is 0 Å². The van der Waals surface area contributed by atoms with Crippen LogP contribution in [-0.2, 0) is 16.0 Å². The van der Waals surface area contributed by atoms with Crippen LogP contribution >= 0.6 is 0 Å². The lowest BCUT2D eigenvalue weighted by atomic mass is 9.82. The number of H-pyrrole nitrogens is 1. The van der Waals surface area contributed by atoms with E-state index in [1.807, 2.05) is 0 Å². The Morgan fingerprint density at radius 3 is 2.74 bits per heavy atom. The van der Waals surface area contributed by atoms with Gasteiger partial charge in [-0.2, -0.15) is 0 Å². The number of hydrogen-bond donors (Lipinski definition) is 2. The van der Waals surface area contributed by atoms with E-state index in [4.69, 9.17) is 10.5 Å². The van der Waals surface area contributed by atoms with Crippen molar-refractivity contribution < 1.29 is 9.53 Å². The zero-order valence-corrected chi connectivity index (χ0v) is 11.6. The molecule has 3 unspecified atom stereocenters. The van der Waals surface area contributed by atoms with Crippen molar-refractivity contribution in [3.63, 3.8) is 0 Å².